The molecule has 0 radical (unpaired) electrons. The Balaban J connectivity index is 1.61. The van der Waals surface area contributed by atoms with E-state index in [9.17, 15) is 0 Å². The van der Waals surface area contributed by atoms with Crippen LogP contribution in [0, 0.1) is 0 Å². The van der Waals surface area contributed by atoms with Crippen LogP contribution in [0.15, 0.2) is 67.0 Å². The molecular formula is C21H22N2O3. The molecule has 0 spiro atoms. The molecule has 2 aromatic carbocycles. The van der Waals surface area contributed by atoms with Gasteiger partial charge in [-0.15, -0.1) is 0 Å². The summed E-state index contributed by atoms with van der Waals surface area (Å²) in [6, 6.07) is 18.2. The van der Waals surface area contributed by atoms with Crippen LogP contribution in [0.3, 0.4) is 0 Å². The number of para-hydroxylation sites is 2. The quantitative estimate of drug-likeness (QED) is 0.696. The van der Waals surface area contributed by atoms with E-state index in [-0.39, 0.29) is 6.23 Å². The van der Waals surface area contributed by atoms with E-state index >= 15 is 0 Å². The van der Waals surface area contributed by atoms with Crippen LogP contribution in [0.4, 0.5) is 5.69 Å². The van der Waals surface area contributed by atoms with Gasteiger partial charge in [-0.05, 0) is 42.5 Å². The number of rotatable bonds is 5. The van der Waals surface area contributed by atoms with E-state index in [0.29, 0.717) is 6.61 Å². The van der Waals surface area contributed by atoms with E-state index in [1.54, 1.807) is 14.2 Å². The second kappa shape index (κ2) is 7.14. The molecule has 2 heterocycles. The largest absolute Gasteiger partial charge is 0.497 e. The predicted molar refractivity (Wildman–Crippen MR) is 101 cm³/mol. The van der Waals surface area contributed by atoms with Crippen molar-refractivity contribution < 1.29 is 14.2 Å². The van der Waals surface area contributed by atoms with Gasteiger partial charge in [0.1, 0.15) is 11.5 Å². The number of hydrogen-bond donors (Lipinski definition) is 0. The number of methoxy groups -OCH3 is 2. The zero-order valence-corrected chi connectivity index (χ0v) is 15.0. The molecule has 1 atom stereocenters. The standard InChI is InChI=1S/C21H22N2O3/c1-24-18-9-7-17(8-10-18)22-12-11-16(15-22)21-23(13-14-26-21)19-5-3-4-6-20(19)25-2/h3-12,15,21H,13-14H2,1-2H3. The number of ether oxygens (including phenoxy) is 3. The van der Waals surface area contributed by atoms with Crippen LogP contribution in [0.2, 0.25) is 0 Å². The molecule has 1 aliphatic heterocycles. The molecule has 0 N–H and O–H groups in total. The van der Waals surface area contributed by atoms with Gasteiger partial charge < -0.3 is 23.7 Å². The van der Waals surface area contributed by atoms with Gasteiger partial charge in [-0.25, -0.2) is 0 Å². The fraction of sp³-hybridized carbons (Fsp3) is 0.238. The second-order valence-electron chi connectivity index (χ2n) is 6.14. The van der Waals surface area contributed by atoms with Gasteiger partial charge in [0, 0.05) is 30.2 Å². The molecule has 3 aromatic rings. The molecule has 26 heavy (non-hydrogen) atoms. The summed E-state index contributed by atoms with van der Waals surface area (Å²) in [6.45, 7) is 1.52. The van der Waals surface area contributed by atoms with Gasteiger partial charge in [-0.3, -0.25) is 0 Å². The molecule has 0 bridgehead atoms. The van der Waals surface area contributed by atoms with E-state index < -0.39 is 0 Å². The Morgan fingerprint density at radius 1 is 0.962 bits per heavy atom. The van der Waals surface area contributed by atoms with Gasteiger partial charge in [0.25, 0.3) is 0 Å². The summed E-state index contributed by atoms with van der Waals surface area (Å²) in [6.07, 6.45) is 4.05. The minimum Gasteiger partial charge on any atom is -0.497 e. The molecule has 0 aliphatic carbocycles. The SMILES string of the molecule is COc1ccc(-n2ccc(C3OCCN3c3ccccc3OC)c2)cc1. The molecule has 1 aromatic heterocycles. The first kappa shape index (κ1) is 16.5. The normalized spacial score (nSPS) is 16.7. The Labute approximate surface area is 153 Å². The molecule has 1 aliphatic rings. The Morgan fingerprint density at radius 3 is 2.54 bits per heavy atom. The lowest BCUT2D eigenvalue weighted by Crippen LogP contribution is -2.23. The van der Waals surface area contributed by atoms with Crippen molar-refractivity contribution in [3.05, 3.63) is 72.6 Å². The highest BCUT2D eigenvalue weighted by Crippen LogP contribution is 2.37. The highest BCUT2D eigenvalue weighted by atomic mass is 16.5. The molecule has 1 unspecified atom stereocenters. The zero-order valence-electron chi connectivity index (χ0n) is 15.0. The van der Waals surface area contributed by atoms with Crippen LogP contribution >= 0.6 is 0 Å². The van der Waals surface area contributed by atoms with Crippen LogP contribution in [-0.2, 0) is 4.74 Å². The maximum atomic E-state index is 6.03. The maximum absolute atomic E-state index is 6.03. The molecule has 134 valence electrons. The summed E-state index contributed by atoms with van der Waals surface area (Å²) in [7, 11) is 3.37. The fourth-order valence-corrected chi connectivity index (χ4v) is 3.33. The van der Waals surface area contributed by atoms with Crippen molar-refractivity contribution in [2.24, 2.45) is 0 Å². The summed E-state index contributed by atoms with van der Waals surface area (Å²) in [5, 5.41) is 0. The molecule has 5 nitrogen and oxygen atoms in total. The maximum Gasteiger partial charge on any atom is 0.158 e. The van der Waals surface area contributed by atoms with Crippen molar-refractivity contribution in [2.75, 3.05) is 32.3 Å². The van der Waals surface area contributed by atoms with Crippen LogP contribution in [0.5, 0.6) is 11.5 Å². The van der Waals surface area contributed by atoms with Crippen molar-refractivity contribution in [3.8, 4) is 17.2 Å². The van der Waals surface area contributed by atoms with Gasteiger partial charge in [0.05, 0.1) is 26.5 Å². The molecule has 0 saturated carbocycles. The molecule has 1 fully saturated rings. The van der Waals surface area contributed by atoms with Gasteiger partial charge in [0.15, 0.2) is 6.23 Å². The fourth-order valence-electron chi connectivity index (χ4n) is 3.33. The van der Waals surface area contributed by atoms with Crippen molar-refractivity contribution in [1.82, 2.24) is 4.57 Å². The lowest BCUT2D eigenvalue weighted by Gasteiger charge is -2.26. The summed E-state index contributed by atoms with van der Waals surface area (Å²) >= 11 is 0. The monoisotopic (exact) mass is 350 g/mol. The zero-order chi connectivity index (χ0) is 17.9. The average molecular weight is 350 g/mol. The molecule has 4 rings (SSSR count). The first-order valence-corrected chi connectivity index (χ1v) is 8.64. The predicted octanol–water partition coefficient (Wildman–Crippen LogP) is 4.03. The third-order valence-corrected chi connectivity index (χ3v) is 4.66. The van der Waals surface area contributed by atoms with Crippen molar-refractivity contribution in [3.63, 3.8) is 0 Å². The van der Waals surface area contributed by atoms with Gasteiger partial charge in [-0.1, -0.05) is 12.1 Å². The summed E-state index contributed by atoms with van der Waals surface area (Å²) in [5.41, 5.74) is 3.25. The Bertz CT molecular complexity index is 873. The lowest BCUT2D eigenvalue weighted by molar-refractivity contribution is 0.113. The summed E-state index contributed by atoms with van der Waals surface area (Å²) < 4.78 is 18.9. The third kappa shape index (κ3) is 3.02. The number of aromatic nitrogens is 1. The molecular weight excluding hydrogens is 328 g/mol. The molecule has 5 heteroatoms. The summed E-state index contributed by atoms with van der Waals surface area (Å²) in [5.74, 6) is 1.71. The molecule has 0 amide bonds. The Morgan fingerprint density at radius 2 is 1.77 bits per heavy atom. The van der Waals surface area contributed by atoms with Crippen LogP contribution in [0.25, 0.3) is 5.69 Å². The molecule has 1 saturated heterocycles. The number of benzene rings is 2. The number of hydrogen-bond acceptors (Lipinski definition) is 4. The van der Waals surface area contributed by atoms with Crippen molar-refractivity contribution in [2.45, 2.75) is 6.23 Å². The second-order valence-corrected chi connectivity index (χ2v) is 6.14. The van der Waals surface area contributed by atoms with Gasteiger partial charge in [0.2, 0.25) is 0 Å². The van der Waals surface area contributed by atoms with E-state index in [0.717, 1.165) is 35.0 Å². The Kier molecular flexibility index (Phi) is 4.54. The minimum atomic E-state index is -0.120. The van der Waals surface area contributed by atoms with E-state index in [4.69, 9.17) is 14.2 Å². The van der Waals surface area contributed by atoms with Crippen molar-refractivity contribution >= 4 is 5.69 Å². The number of anilines is 1. The third-order valence-electron chi connectivity index (χ3n) is 4.66. The summed E-state index contributed by atoms with van der Waals surface area (Å²) in [4.78, 5) is 2.24. The van der Waals surface area contributed by atoms with Gasteiger partial charge >= 0.3 is 0 Å². The van der Waals surface area contributed by atoms with E-state index in [1.165, 1.54) is 0 Å². The van der Waals surface area contributed by atoms with Crippen LogP contribution in [-0.4, -0.2) is 31.9 Å². The highest BCUT2D eigenvalue weighted by molar-refractivity contribution is 5.60. The van der Waals surface area contributed by atoms with E-state index in [2.05, 4.69) is 34.0 Å². The average Bonchev–Trinajstić information content (AvgIpc) is 3.37. The number of nitrogens with zero attached hydrogens (tertiary/aromatic N) is 2. The van der Waals surface area contributed by atoms with E-state index in [1.807, 2.05) is 42.5 Å². The lowest BCUT2D eigenvalue weighted by atomic mass is 10.2. The highest BCUT2D eigenvalue weighted by Gasteiger charge is 2.29. The van der Waals surface area contributed by atoms with Crippen LogP contribution < -0.4 is 14.4 Å². The van der Waals surface area contributed by atoms with Gasteiger partial charge in [-0.2, -0.15) is 0 Å². The smallest absolute Gasteiger partial charge is 0.158 e. The first-order chi connectivity index (χ1) is 12.8. The minimum absolute atomic E-state index is 0.120. The van der Waals surface area contributed by atoms with Crippen molar-refractivity contribution in [1.29, 1.82) is 0 Å². The first-order valence-electron chi connectivity index (χ1n) is 8.64. The van der Waals surface area contributed by atoms with Crippen LogP contribution in [0.1, 0.15) is 11.8 Å². The topological polar surface area (TPSA) is 35.9 Å². The Hall–Kier alpha value is -2.92.